The van der Waals surface area contributed by atoms with Crippen LogP contribution in [0.1, 0.15) is 16.1 Å². The molecule has 0 N–H and O–H groups in total. The summed E-state index contributed by atoms with van der Waals surface area (Å²) in [6.07, 6.45) is 1.55. The minimum absolute atomic E-state index is 0.0119. The van der Waals surface area contributed by atoms with Gasteiger partial charge in [0, 0.05) is 43.3 Å². The van der Waals surface area contributed by atoms with Crippen LogP contribution in [0.4, 0.5) is 8.78 Å². The number of halogens is 3. The standard InChI is InChI=1S/C21H18ClF2N3O2/c22-15-4-5-19(24)18(11-15)21(28)27-8-6-26(7-9-27)12-17-13-29-20(25-17)14-2-1-3-16(23)10-14/h1-5,10-11,13H,6-9,12H2. The molecule has 1 aliphatic heterocycles. The number of carbonyl (C=O) groups excluding carboxylic acids is 1. The van der Waals surface area contributed by atoms with E-state index >= 15 is 0 Å². The third-order valence-electron chi connectivity index (χ3n) is 4.83. The van der Waals surface area contributed by atoms with E-state index in [4.69, 9.17) is 16.0 Å². The van der Waals surface area contributed by atoms with E-state index in [9.17, 15) is 13.6 Å². The van der Waals surface area contributed by atoms with Crippen LogP contribution in [-0.4, -0.2) is 46.9 Å². The molecule has 1 aromatic heterocycles. The van der Waals surface area contributed by atoms with Gasteiger partial charge >= 0.3 is 0 Å². The van der Waals surface area contributed by atoms with Gasteiger partial charge in [0.15, 0.2) is 0 Å². The molecule has 0 radical (unpaired) electrons. The van der Waals surface area contributed by atoms with E-state index in [1.165, 1.54) is 30.3 Å². The smallest absolute Gasteiger partial charge is 0.256 e. The minimum Gasteiger partial charge on any atom is -0.444 e. The first-order chi connectivity index (χ1) is 14.0. The van der Waals surface area contributed by atoms with E-state index in [1.54, 1.807) is 23.3 Å². The Bertz CT molecular complexity index is 1030. The molecule has 8 heteroatoms. The summed E-state index contributed by atoms with van der Waals surface area (Å²) in [4.78, 5) is 20.7. The number of rotatable bonds is 4. The van der Waals surface area contributed by atoms with Crippen molar-refractivity contribution in [3.05, 3.63) is 76.6 Å². The number of benzene rings is 2. The van der Waals surface area contributed by atoms with E-state index in [1.807, 2.05) is 0 Å². The van der Waals surface area contributed by atoms with Crippen LogP contribution in [0.3, 0.4) is 0 Å². The summed E-state index contributed by atoms with van der Waals surface area (Å²) < 4.78 is 32.8. The summed E-state index contributed by atoms with van der Waals surface area (Å²) in [5.41, 5.74) is 1.29. The predicted molar refractivity (Wildman–Crippen MR) is 104 cm³/mol. The maximum atomic E-state index is 13.9. The van der Waals surface area contributed by atoms with Gasteiger partial charge in [-0.25, -0.2) is 13.8 Å². The second-order valence-corrected chi connectivity index (χ2v) is 7.28. The second kappa shape index (κ2) is 8.31. The number of carbonyl (C=O) groups is 1. The van der Waals surface area contributed by atoms with Crippen LogP contribution < -0.4 is 0 Å². The first-order valence-electron chi connectivity index (χ1n) is 9.16. The molecule has 1 fully saturated rings. The van der Waals surface area contributed by atoms with Crippen molar-refractivity contribution in [3.8, 4) is 11.5 Å². The third kappa shape index (κ3) is 4.46. The fraction of sp³-hybridized carbons (Fsp3) is 0.238. The summed E-state index contributed by atoms with van der Waals surface area (Å²) in [6.45, 7) is 2.73. The van der Waals surface area contributed by atoms with E-state index in [0.29, 0.717) is 49.2 Å². The Morgan fingerprint density at radius 1 is 1.10 bits per heavy atom. The quantitative estimate of drug-likeness (QED) is 0.637. The zero-order valence-electron chi connectivity index (χ0n) is 15.4. The zero-order chi connectivity index (χ0) is 20.4. The Morgan fingerprint density at radius 2 is 1.90 bits per heavy atom. The van der Waals surface area contributed by atoms with Crippen LogP contribution >= 0.6 is 11.6 Å². The van der Waals surface area contributed by atoms with E-state index < -0.39 is 5.82 Å². The molecule has 1 saturated heterocycles. The van der Waals surface area contributed by atoms with E-state index in [2.05, 4.69) is 9.88 Å². The Labute approximate surface area is 171 Å². The first kappa shape index (κ1) is 19.5. The lowest BCUT2D eigenvalue weighted by Crippen LogP contribution is -2.48. The maximum absolute atomic E-state index is 13.9. The molecule has 29 heavy (non-hydrogen) atoms. The van der Waals surface area contributed by atoms with Crippen molar-refractivity contribution in [2.75, 3.05) is 26.2 Å². The number of hydrogen-bond donors (Lipinski definition) is 0. The molecule has 1 amide bonds. The number of nitrogens with zero attached hydrogens (tertiary/aromatic N) is 3. The first-order valence-corrected chi connectivity index (χ1v) is 9.54. The summed E-state index contributed by atoms with van der Waals surface area (Å²) in [7, 11) is 0. The van der Waals surface area contributed by atoms with Gasteiger partial charge in [-0.15, -0.1) is 0 Å². The van der Waals surface area contributed by atoms with Crippen molar-refractivity contribution < 1.29 is 18.0 Å². The van der Waals surface area contributed by atoms with Crippen LogP contribution in [0, 0.1) is 11.6 Å². The Morgan fingerprint density at radius 3 is 2.66 bits per heavy atom. The molecule has 0 atom stereocenters. The van der Waals surface area contributed by atoms with E-state index in [-0.39, 0.29) is 17.3 Å². The van der Waals surface area contributed by atoms with Gasteiger partial charge in [0.2, 0.25) is 5.89 Å². The molecule has 0 bridgehead atoms. The molecule has 5 nitrogen and oxygen atoms in total. The largest absolute Gasteiger partial charge is 0.444 e. The van der Waals surface area contributed by atoms with Crippen LogP contribution in [0.5, 0.6) is 0 Å². The average Bonchev–Trinajstić information content (AvgIpc) is 3.18. The van der Waals surface area contributed by atoms with Gasteiger partial charge in [0.05, 0.1) is 11.3 Å². The van der Waals surface area contributed by atoms with Crippen molar-refractivity contribution in [2.45, 2.75) is 6.54 Å². The number of oxazole rings is 1. The summed E-state index contributed by atoms with van der Waals surface area (Å²) >= 11 is 5.89. The van der Waals surface area contributed by atoms with Crippen molar-refractivity contribution in [3.63, 3.8) is 0 Å². The lowest BCUT2D eigenvalue weighted by atomic mass is 10.1. The van der Waals surface area contributed by atoms with Crippen molar-refractivity contribution in [2.24, 2.45) is 0 Å². The second-order valence-electron chi connectivity index (χ2n) is 6.85. The average molecular weight is 418 g/mol. The molecule has 2 aromatic carbocycles. The monoisotopic (exact) mass is 417 g/mol. The SMILES string of the molecule is O=C(c1cc(Cl)ccc1F)N1CCN(Cc2coc(-c3cccc(F)c3)n2)CC1. The number of aromatic nitrogens is 1. The lowest BCUT2D eigenvalue weighted by Gasteiger charge is -2.34. The van der Waals surface area contributed by atoms with Gasteiger partial charge in [-0.3, -0.25) is 9.69 Å². The summed E-state index contributed by atoms with van der Waals surface area (Å²) in [5.74, 6) is -0.919. The highest BCUT2D eigenvalue weighted by Crippen LogP contribution is 2.21. The molecule has 3 aromatic rings. The molecule has 0 unspecified atom stereocenters. The molecule has 0 saturated carbocycles. The minimum atomic E-state index is -0.575. The number of piperazine rings is 1. The number of amides is 1. The van der Waals surface area contributed by atoms with Crippen molar-refractivity contribution in [1.82, 2.24) is 14.8 Å². The Hall–Kier alpha value is -2.77. The van der Waals surface area contributed by atoms with Crippen LogP contribution in [0.2, 0.25) is 5.02 Å². The normalized spacial score (nSPS) is 14.9. The van der Waals surface area contributed by atoms with Gasteiger partial charge in [0.25, 0.3) is 5.91 Å². The predicted octanol–water partition coefficient (Wildman–Crippen LogP) is 4.23. The Balaban J connectivity index is 1.36. The van der Waals surface area contributed by atoms with Crippen LogP contribution in [0.25, 0.3) is 11.5 Å². The fourth-order valence-corrected chi connectivity index (χ4v) is 3.48. The van der Waals surface area contributed by atoms with Crippen LogP contribution in [-0.2, 0) is 6.54 Å². The topological polar surface area (TPSA) is 49.6 Å². The van der Waals surface area contributed by atoms with Crippen molar-refractivity contribution >= 4 is 17.5 Å². The molecule has 4 rings (SSSR count). The molecular formula is C21H18ClF2N3O2. The highest BCUT2D eigenvalue weighted by atomic mass is 35.5. The molecular weight excluding hydrogens is 400 g/mol. The highest BCUT2D eigenvalue weighted by molar-refractivity contribution is 6.31. The summed E-state index contributed by atoms with van der Waals surface area (Å²) in [5, 5.41) is 0.327. The molecule has 2 heterocycles. The van der Waals surface area contributed by atoms with Crippen LogP contribution in [0.15, 0.2) is 53.1 Å². The molecule has 1 aliphatic rings. The number of hydrogen-bond acceptors (Lipinski definition) is 4. The maximum Gasteiger partial charge on any atom is 0.256 e. The molecule has 0 aliphatic carbocycles. The van der Waals surface area contributed by atoms with E-state index in [0.717, 1.165) is 5.69 Å². The molecule has 0 spiro atoms. The highest BCUT2D eigenvalue weighted by Gasteiger charge is 2.25. The lowest BCUT2D eigenvalue weighted by molar-refractivity contribution is 0.0622. The molecule has 150 valence electrons. The zero-order valence-corrected chi connectivity index (χ0v) is 16.2. The third-order valence-corrected chi connectivity index (χ3v) is 5.06. The fourth-order valence-electron chi connectivity index (χ4n) is 3.30. The van der Waals surface area contributed by atoms with Gasteiger partial charge in [-0.2, -0.15) is 0 Å². The van der Waals surface area contributed by atoms with Gasteiger partial charge in [0.1, 0.15) is 17.9 Å². The Kier molecular flexibility index (Phi) is 5.60. The summed E-state index contributed by atoms with van der Waals surface area (Å²) in [6, 6.07) is 10.0. The van der Waals surface area contributed by atoms with Gasteiger partial charge in [-0.05, 0) is 36.4 Å². The van der Waals surface area contributed by atoms with Gasteiger partial charge < -0.3 is 9.32 Å². The van der Waals surface area contributed by atoms with Gasteiger partial charge in [-0.1, -0.05) is 17.7 Å². The van der Waals surface area contributed by atoms with Crippen molar-refractivity contribution in [1.29, 1.82) is 0 Å².